The van der Waals surface area contributed by atoms with Crippen LogP contribution in [0.4, 0.5) is 10.1 Å². The molecule has 1 heterocycles. The Kier molecular flexibility index (Phi) is 6.26. The highest BCUT2D eigenvalue weighted by molar-refractivity contribution is 7.89. The summed E-state index contributed by atoms with van der Waals surface area (Å²) in [5.41, 5.74) is 1.91. The first-order valence-corrected chi connectivity index (χ1v) is 10.7. The summed E-state index contributed by atoms with van der Waals surface area (Å²) in [7, 11) is -3.57. The fourth-order valence-electron chi connectivity index (χ4n) is 3.07. The SMILES string of the molecule is Cc1ccc(S(=O)(=O)N2CCCCC2)cc1NC(=O)C=Cc1ccc(F)cc1. The molecule has 1 amide bonds. The summed E-state index contributed by atoms with van der Waals surface area (Å²) in [5.74, 6) is -0.732. The quantitative estimate of drug-likeness (QED) is 0.770. The lowest BCUT2D eigenvalue weighted by Gasteiger charge is -2.26. The molecule has 0 unspecified atom stereocenters. The Morgan fingerprint density at radius 3 is 2.43 bits per heavy atom. The van der Waals surface area contributed by atoms with Crippen LogP contribution >= 0.6 is 0 Å². The number of nitrogens with zero attached hydrogens (tertiary/aromatic N) is 1. The topological polar surface area (TPSA) is 66.5 Å². The summed E-state index contributed by atoms with van der Waals surface area (Å²) in [6, 6.07) is 10.5. The van der Waals surface area contributed by atoms with Gasteiger partial charge in [-0.25, -0.2) is 12.8 Å². The van der Waals surface area contributed by atoms with Gasteiger partial charge in [-0.1, -0.05) is 24.6 Å². The lowest BCUT2D eigenvalue weighted by molar-refractivity contribution is -0.111. The molecule has 28 heavy (non-hydrogen) atoms. The van der Waals surface area contributed by atoms with Crippen LogP contribution in [0.1, 0.15) is 30.4 Å². The summed E-state index contributed by atoms with van der Waals surface area (Å²) >= 11 is 0. The van der Waals surface area contributed by atoms with Crippen molar-refractivity contribution >= 4 is 27.7 Å². The van der Waals surface area contributed by atoms with Crippen LogP contribution in [0.25, 0.3) is 6.08 Å². The Balaban J connectivity index is 1.75. The Morgan fingerprint density at radius 2 is 1.75 bits per heavy atom. The van der Waals surface area contributed by atoms with Crippen molar-refractivity contribution in [2.75, 3.05) is 18.4 Å². The zero-order chi connectivity index (χ0) is 20.1. The lowest BCUT2D eigenvalue weighted by Crippen LogP contribution is -2.35. The van der Waals surface area contributed by atoms with Crippen molar-refractivity contribution in [1.82, 2.24) is 4.31 Å². The van der Waals surface area contributed by atoms with Gasteiger partial charge in [-0.05, 0) is 61.2 Å². The van der Waals surface area contributed by atoms with E-state index in [1.165, 1.54) is 28.6 Å². The fourth-order valence-corrected chi connectivity index (χ4v) is 4.61. The Hall–Kier alpha value is -2.51. The van der Waals surface area contributed by atoms with Crippen molar-refractivity contribution in [2.45, 2.75) is 31.1 Å². The van der Waals surface area contributed by atoms with Gasteiger partial charge in [0, 0.05) is 24.9 Å². The molecule has 0 aliphatic carbocycles. The van der Waals surface area contributed by atoms with Crippen molar-refractivity contribution in [1.29, 1.82) is 0 Å². The number of rotatable bonds is 5. The molecule has 0 spiro atoms. The van der Waals surface area contributed by atoms with Crippen molar-refractivity contribution < 1.29 is 17.6 Å². The molecule has 0 aromatic heterocycles. The van der Waals surface area contributed by atoms with E-state index in [1.807, 2.05) is 0 Å². The van der Waals surface area contributed by atoms with Crippen LogP contribution in [-0.4, -0.2) is 31.7 Å². The maximum absolute atomic E-state index is 12.9. The van der Waals surface area contributed by atoms with Gasteiger partial charge in [0.05, 0.1) is 4.90 Å². The molecule has 1 aliphatic rings. The van der Waals surface area contributed by atoms with E-state index in [0.717, 1.165) is 24.8 Å². The number of amides is 1. The normalized spacial score (nSPS) is 15.6. The summed E-state index contributed by atoms with van der Waals surface area (Å²) in [6.45, 7) is 2.85. The van der Waals surface area contributed by atoms with Crippen molar-refractivity contribution in [3.8, 4) is 0 Å². The number of hydrogen-bond acceptors (Lipinski definition) is 3. The molecule has 1 N–H and O–H groups in total. The van der Waals surface area contributed by atoms with E-state index in [1.54, 1.807) is 37.3 Å². The van der Waals surface area contributed by atoms with Gasteiger partial charge in [-0.3, -0.25) is 4.79 Å². The molecule has 0 radical (unpaired) electrons. The summed E-state index contributed by atoms with van der Waals surface area (Å²) in [6.07, 6.45) is 5.67. The predicted molar refractivity (Wildman–Crippen MR) is 108 cm³/mol. The predicted octanol–water partition coefficient (Wildman–Crippen LogP) is 3.96. The monoisotopic (exact) mass is 402 g/mol. The van der Waals surface area contributed by atoms with E-state index in [2.05, 4.69) is 5.32 Å². The van der Waals surface area contributed by atoms with Gasteiger partial charge in [-0.15, -0.1) is 0 Å². The van der Waals surface area contributed by atoms with Gasteiger partial charge >= 0.3 is 0 Å². The van der Waals surface area contributed by atoms with E-state index in [0.29, 0.717) is 24.3 Å². The van der Waals surface area contributed by atoms with E-state index < -0.39 is 10.0 Å². The first-order valence-electron chi connectivity index (χ1n) is 9.22. The van der Waals surface area contributed by atoms with Crippen LogP contribution in [-0.2, 0) is 14.8 Å². The molecule has 2 aromatic carbocycles. The zero-order valence-corrected chi connectivity index (χ0v) is 16.5. The lowest BCUT2D eigenvalue weighted by atomic mass is 10.2. The van der Waals surface area contributed by atoms with Gasteiger partial charge in [0.15, 0.2) is 0 Å². The third-order valence-electron chi connectivity index (χ3n) is 4.72. The Labute approximate surface area is 164 Å². The third kappa shape index (κ3) is 4.85. The number of halogens is 1. The van der Waals surface area contributed by atoms with Crippen LogP contribution in [0, 0.1) is 12.7 Å². The molecule has 148 valence electrons. The molecule has 1 aliphatic heterocycles. The van der Waals surface area contributed by atoms with Crippen LogP contribution in [0.15, 0.2) is 53.4 Å². The van der Waals surface area contributed by atoms with Crippen molar-refractivity contribution in [3.63, 3.8) is 0 Å². The Bertz CT molecular complexity index is 979. The first kappa shape index (κ1) is 20.2. The number of anilines is 1. The standard InChI is InChI=1S/C21H23FN2O3S/c1-16-5-11-19(28(26,27)24-13-3-2-4-14-24)15-20(16)23-21(25)12-8-17-6-9-18(22)10-7-17/h5-12,15H,2-4,13-14H2,1H3,(H,23,25). The summed E-state index contributed by atoms with van der Waals surface area (Å²) in [5, 5.41) is 2.72. The second-order valence-electron chi connectivity index (χ2n) is 6.82. The van der Waals surface area contributed by atoms with Crippen LogP contribution in [0.3, 0.4) is 0 Å². The summed E-state index contributed by atoms with van der Waals surface area (Å²) in [4.78, 5) is 12.4. The van der Waals surface area contributed by atoms with Gasteiger partial charge in [0.2, 0.25) is 15.9 Å². The minimum atomic E-state index is -3.57. The number of carbonyl (C=O) groups excluding carboxylic acids is 1. The largest absolute Gasteiger partial charge is 0.322 e. The van der Waals surface area contributed by atoms with Crippen LogP contribution < -0.4 is 5.32 Å². The molecule has 2 aromatic rings. The molecule has 1 saturated heterocycles. The van der Waals surface area contributed by atoms with Crippen molar-refractivity contribution in [3.05, 3.63) is 65.5 Å². The molecule has 0 saturated carbocycles. The zero-order valence-electron chi connectivity index (χ0n) is 15.7. The van der Waals surface area contributed by atoms with E-state index in [-0.39, 0.29) is 16.6 Å². The van der Waals surface area contributed by atoms with Gasteiger partial charge < -0.3 is 5.32 Å². The maximum Gasteiger partial charge on any atom is 0.248 e. The highest BCUT2D eigenvalue weighted by atomic mass is 32.2. The van der Waals surface area contributed by atoms with Crippen LogP contribution in [0.5, 0.6) is 0 Å². The number of carbonyl (C=O) groups is 1. The number of sulfonamides is 1. The molecule has 0 atom stereocenters. The molecule has 0 bridgehead atoms. The second-order valence-corrected chi connectivity index (χ2v) is 8.75. The first-order chi connectivity index (χ1) is 13.4. The number of benzene rings is 2. The number of hydrogen-bond donors (Lipinski definition) is 1. The average molecular weight is 402 g/mol. The minimum Gasteiger partial charge on any atom is -0.322 e. The molecule has 7 heteroatoms. The third-order valence-corrected chi connectivity index (χ3v) is 6.61. The van der Waals surface area contributed by atoms with Gasteiger partial charge in [0.1, 0.15) is 5.82 Å². The maximum atomic E-state index is 12.9. The Morgan fingerprint density at radius 1 is 1.07 bits per heavy atom. The molecule has 5 nitrogen and oxygen atoms in total. The second kappa shape index (κ2) is 8.67. The minimum absolute atomic E-state index is 0.179. The van der Waals surface area contributed by atoms with Gasteiger partial charge in [0.25, 0.3) is 0 Å². The number of aryl methyl sites for hydroxylation is 1. The fraction of sp³-hybridized carbons (Fsp3) is 0.286. The highest BCUT2D eigenvalue weighted by Crippen LogP contribution is 2.25. The molecule has 1 fully saturated rings. The van der Waals surface area contributed by atoms with Gasteiger partial charge in [-0.2, -0.15) is 4.31 Å². The molecular weight excluding hydrogens is 379 g/mol. The van der Waals surface area contributed by atoms with Crippen molar-refractivity contribution in [2.24, 2.45) is 0 Å². The van der Waals surface area contributed by atoms with E-state index >= 15 is 0 Å². The van der Waals surface area contributed by atoms with E-state index in [9.17, 15) is 17.6 Å². The average Bonchev–Trinajstić information content (AvgIpc) is 2.70. The molecular formula is C21H23FN2O3S. The highest BCUT2D eigenvalue weighted by Gasteiger charge is 2.26. The number of nitrogens with one attached hydrogen (secondary N) is 1. The summed E-state index contributed by atoms with van der Waals surface area (Å²) < 4.78 is 40.1. The number of piperidine rings is 1. The van der Waals surface area contributed by atoms with E-state index in [4.69, 9.17) is 0 Å². The molecule has 3 rings (SSSR count). The van der Waals surface area contributed by atoms with Crippen LogP contribution in [0.2, 0.25) is 0 Å². The smallest absolute Gasteiger partial charge is 0.248 e.